The third-order valence-electron chi connectivity index (χ3n) is 2.99. The number of halogens is 1. The Bertz CT molecular complexity index is 847. The molecule has 2 aromatic carbocycles. The van der Waals surface area contributed by atoms with Crippen LogP contribution in [0, 0.1) is 10.1 Å². The summed E-state index contributed by atoms with van der Waals surface area (Å²) in [5.74, 6) is 0.731. The Balaban J connectivity index is 2.09. The summed E-state index contributed by atoms with van der Waals surface area (Å²) in [6.07, 6.45) is 0. The van der Waals surface area contributed by atoms with E-state index in [0.29, 0.717) is 10.6 Å². The van der Waals surface area contributed by atoms with Gasteiger partial charge in [-0.25, -0.2) is 4.98 Å². The summed E-state index contributed by atoms with van der Waals surface area (Å²) in [5.41, 5.74) is 1.46. The van der Waals surface area contributed by atoms with Gasteiger partial charge in [0.05, 0.1) is 27.3 Å². The Hall–Kier alpha value is -2.18. The largest absolute Gasteiger partial charge is 0.497 e. The van der Waals surface area contributed by atoms with Crippen LogP contribution < -0.4 is 4.74 Å². The first-order chi connectivity index (χ1) is 10.1. The standard InChI is InChI=1S/C14H9ClN2O3S/c1-20-9-3-5-13-12(7-9)16-14(21-13)10-4-2-8(17(18)19)6-11(10)15/h2-7H,1H3. The highest BCUT2D eigenvalue weighted by atomic mass is 35.5. The van der Waals surface area contributed by atoms with E-state index >= 15 is 0 Å². The zero-order valence-corrected chi connectivity index (χ0v) is 12.4. The number of aromatic nitrogens is 1. The van der Waals surface area contributed by atoms with Crippen molar-refractivity contribution in [3.05, 3.63) is 51.5 Å². The molecule has 21 heavy (non-hydrogen) atoms. The van der Waals surface area contributed by atoms with Crippen molar-refractivity contribution >= 4 is 38.8 Å². The molecule has 0 saturated heterocycles. The van der Waals surface area contributed by atoms with E-state index in [1.165, 1.54) is 23.5 Å². The maximum Gasteiger partial charge on any atom is 0.270 e. The van der Waals surface area contributed by atoms with Crippen LogP contribution >= 0.6 is 22.9 Å². The van der Waals surface area contributed by atoms with Crippen LogP contribution in [0.4, 0.5) is 5.69 Å². The molecule has 3 rings (SSSR count). The summed E-state index contributed by atoms with van der Waals surface area (Å²) >= 11 is 7.61. The number of hydrogen-bond donors (Lipinski definition) is 0. The van der Waals surface area contributed by atoms with Gasteiger partial charge in [-0.1, -0.05) is 11.6 Å². The Morgan fingerprint density at radius 3 is 2.76 bits per heavy atom. The van der Waals surface area contributed by atoms with Crippen LogP contribution in [0.5, 0.6) is 5.75 Å². The second-order valence-electron chi connectivity index (χ2n) is 4.27. The Kier molecular flexibility index (Phi) is 3.48. The second kappa shape index (κ2) is 5.31. The smallest absolute Gasteiger partial charge is 0.270 e. The van der Waals surface area contributed by atoms with E-state index < -0.39 is 4.92 Å². The Morgan fingerprint density at radius 2 is 2.10 bits per heavy atom. The van der Waals surface area contributed by atoms with Crippen molar-refractivity contribution in [1.82, 2.24) is 4.98 Å². The Morgan fingerprint density at radius 1 is 1.29 bits per heavy atom. The van der Waals surface area contributed by atoms with Crippen molar-refractivity contribution in [3.8, 4) is 16.3 Å². The van der Waals surface area contributed by atoms with Gasteiger partial charge in [0.1, 0.15) is 10.8 Å². The number of ether oxygens (including phenoxy) is 1. The third-order valence-corrected chi connectivity index (χ3v) is 4.37. The average molecular weight is 321 g/mol. The fourth-order valence-electron chi connectivity index (χ4n) is 1.94. The van der Waals surface area contributed by atoms with Crippen molar-refractivity contribution in [1.29, 1.82) is 0 Å². The Labute approximate surface area is 128 Å². The van der Waals surface area contributed by atoms with E-state index in [0.717, 1.165) is 21.0 Å². The van der Waals surface area contributed by atoms with Gasteiger partial charge in [-0.05, 0) is 18.2 Å². The normalized spacial score (nSPS) is 10.8. The minimum atomic E-state index is -0.473. The number of thiazole rings is 1. The van der Waals surface area contributed by atoms with Crippen molar-refractivity contribution in [2.75, 3.05) is 7.11 Å². The van der Waals surface area contributed by atoms with Gasteiger partial charge in [-0.3, -0.25) is 10.1 Å². The lowest BCUT2D eigenvalue weighted by molar-refractivity contribution is -0.384. The lowest BCUT2D eigenvalue weighted by Gasteiger charge is -1.99. The summed E-state index contributed by atoms with van der Waals surface area (Å²) in [6, 6.07) is 10.0. The molecule has 0 saturated carbocycles. The molecule has 7 heteroatoms. The van der Waals surface area contributed by atoms with Gasteiger partial charge in [0.25, 0.3) is 5.69 Å². The zero-order valence-electron chi connectivity index (χ0n) is 10.9. The van der Waals surface area contributed by atoms with Crippen LogP contribution in [0.25, 0.3) is 20.8 Å². The molecule has 0 fully saturated rings. The summed E-state index contributed by atoms with van der Waals surface area (Å²) in [7, 11) is 1.60. The first-order valence-corrected chi connectivity index (χ1v) is 7.17. The molecule has 0 radical (unpaired) electrons. The number of benzene rings is 2. The molecule has 0 spiro atoms. The second-order valence-corrected chi connectivity index (χ2v) is 5.71. The highest BCUT2D eigenvalue weighted by Gasteiger charge is 2.14. The van der Waals surface area contributed by atoms with Gasteiger partial charge in [0, 0.05) is 23.8 Å². The number of non-ortho nitro benzene ring substituents is 1. The molecule has 3 aromatic rings. The molecule has 0 amide bonds. The van der Waals surface area contributed by atoms with Gasteiger partial charge >= 0.3 is 0 Å². The minimum Gasteiger partial charge on any atom is -0.497 e. The molecule has 0 atom stereocenters. The molecule has 0 bridgehead atoms. The van der Waals surface area contributed by atoms with Crippen molar-refractivity contribution < 1.29 is 9.66 Å². The van der Waals surface area contributed by atoms with Crippen LogP contribution in [0.3, 0.4) is 0 Å². The molecule has 5 nitrogen and oxygen atoms in total. The predicted octanol–water partition coefficient (Wildman–Crippen LogP) is 4.53. The van der Waals surface area contributed by atoms with Gasteiger partial charge < -0.3 is 4.74 Å². The quantitative estimate of drug-likeness (QED) is 0.525. The van der Waals surface area contributed by atoms with Crippen molar-refractivity contribution in [2.24, 2.45) is 0 Å². The third kappa shape index (κ3) is 2.55. The molecule has 0 unspecified atom stereocenters. The minimum absolute atomic E-state index is 0.0356. The van der Waals surface area contributed by atoms with Crippen LogP contribution in [0.1, 0.15) is 0 Å². The lowest BCUT2D eigenvalue weighted by Crippen LogP contribution is -1.88. The van der Waals surface area contributed by atoms with E-state index in [-0.39, 0.29) is 5.69 Å². The van der Waals surface area contributed by atoms with E-state index in [1.807, 2.05) is 18.2 Å². The fourth-order valence-corrected chi connectivity index (χ4v) is 3.25. The monoisotopic (exact) mass is 320 g/mol. The first kappa shape index (κ1) is 13.8. The number of hydrogen-bond acceptors (Lipinski definition) is 5. The molecule has 1 heterocycles. The molecule has 0 aliphatic rings. The topological polar surface area (TPSA) is 65.3 Å². The van der Waals surface area contributed by atoms with E-state index in [9.17, 15) is 10.1 Å². The summed E-state index contributed by atoms with van der Waals surface area (Å²) in [4.78, 5) is 14.8. The fraction of sp³-hybridized carbons (Fsp3) is 0.0714. The first-order valence-electron chi connectivity index (χ1n) is 5.97. The summed E-state index contributed by atoms with van der Waals surface area (Å²) < 4.78 is 6.17. The zero-order chi connectivity index (χ0) is 15.0. The number of nitro groups is 1. The molecule has 0 aliphatic heterocycles. The highest BCUT2D eigenvalue weighted by Crippen LogP contribution is 2.36. The molecule has 0 N–H and O–H groups in total. The van der Waals surface area contributed by atoms with Gasteiger partial charge in [-0.2, -0.15) is 0 Å². The number of nitrogens with zero attached hydrogens (tertiary/aromatic N) is 2. The molecule has 106 valence electrons. The number of methoxy groups -OCH3 is 1. The molecule has 0 aliphatic carbocycles. The van der Waals surface area contributed by atoms with Crippen LogP contribution in [-0.4, -0.2) is 17.0 Å². The predicted molar refractivity (Wildman–Crippen MR) is 83.3 cm³/mol. The van der Waals surface area contributed by atoms with Crippen molar-refractivity contribution in [2.45, 2.75) is 0 Å². The van der Waals surface area contributed by atoms with E-state index in [2.05, 4.69) is 4.98 Å². The molecular weight excluding hydrogens is 312 g/mol. The van der Waals surface area contributed by atoms with Crippen LogP contribution in [-0.2, 0) is 0 Å². The van der Waals surface area contributed by atoms with Gasteiger partial charge in [0.2, 0.25) is 0 Å². The van der Waals surface area contributed by atoms with Crippen LogP contribution in [0.15, 0.2) is 36.4 Å². The maximum absolute atomic E-state index is 10.7. The number of rotatable bonds is 3. The van der Waals surface area contributed by atoms with Crippen LogP contribution in [0.2, 0.25) is 5.02 Å². The van der Waals surface area contributed by atoms with Gasteiger partial charge in [0.15, 0.2) is 0 Å². The van der Waals surface area contributed by atoms with E-state index in [4.69, 9.17) is 16.3 Å². The van der Waals surface area contributed by atoms with Crippen molar-refractivity contribution in [3.63, 3.8) is 0 Å². The summed E-state index contributed by atoms with van der Waals surface area (Å²) in [6.45, 7) is 0. The molecular formula is C14H9ClN2O3S. The SMILES string of the molecule is COc1ccc2sc(-c3ccc([N+](=O)[O-])cc3Cl)nc2c1. The average Bonchev–Trinajstić information content (AvgIpc) is 2.89. The maximum atomic E-state index is 10.7. The highest BCUT2D eigenvalue weighted by molar-refractivity contribution is 7.21. The van der Waals surface area contributed by atoms with E-state index in [1.54, 1.807) is 13.2 Å². The number of nitro benzene ring substituents is 1. The van der Waals surface area contributed by atoms with Gasteiger partial charge in [-0.15, -0.1) is 11.3 Å². The summed E-state index contributed by atoms with van der Waals surface area (Å²) in [5, 5.41) is 11.8. The molecule has 1 aromatic heterocycles. The lowest BCUT2D eigenvalue weighted by atomic mass is 10.2. The number of fused-ring (bicyclic) bond motifs is 1.